The Balaban J connectivity index is 2.54. The van der Waals surface area contributed by atoms with Gasteiger partial charge in [0.1, 0.15) is 5.84 Å². The van der Waals surface area contributed by atoms with Gasteiger partial charge in [-0.2, -0.15) is 0 Å². The van der Waals surface area contributed by atoms with Crippen molar-refractivity contribution in [2.24, 2.45) is 4.99 Å². The van der Waals surface area contributed by atoms with Gasteiger partial charge >= 0.3 is 0 Å². The van der Waals surface area contributed by atoms with Crippen molar-refractivity contribution < 1.29 is 9.59 Å². The number of ketones is 1. The molecule has 2 aliphatic rings. The van der Waals surface area contributed by atoms with Crippen LogP contribution in [0.4, 0.5) is 0 Å². The van der Waals surface area contributed by atoms with E-state index in [1.165, 1.54) is 11.0 Å². The molecule has 0 aromatic heterocycles. The van der Waals surface area contributed by atoms with E-state index in [4.69, 9.17) is 0 Å². The number of hydrogen-bond donors (Lipinski definition) is 0. The zero-order chi connectivity index (χ0) is 8.72. The number of carbonyl (C=O) groups is 2. The molecule has 0 aromatic carbocycles. The first-order valence-corrected chi connectivity index (χ1v) is 3.48. The number of nitrogens with zero attached hydrogens (tertiary/aromatic N) is 2. The maximum Gasteiger partial charge on any atom is 0.299 e. The molecule has 0 saturated carbocycles. The van der Waals surface area contributed by atoms with Crippen molar-refractivity contribution in [3.05, 3.63) is 23.9 Å². The van der Waals surface area contributed by atoms with E-state index in [1.54, 1.807) is 19.3 Å². The molecule has 0 radical (unpaired) electrons. The molecule has 12 heavy (non-hydrogen) atoms. The Kier molecular flexibility index (Phi) is 1.24. The SMILES string of the molecule is CN1C(=O)C(=O)C=C2C=CN=C21. The predicted octanol–water partition coefficient (Wildman–Crippen LogP) is -0.120. The number of rotatable bonds is 0. The van der Waals surface area contributed by atoms with Gasteiger partial charge in [-0.25, -0.2) is 4.99 Å². The summed E-state index contributed by atoms with van der Waals surface area (Å²) >= 11 is 0. The average Bonchev–Trinajstić information content (AvgIpc) is 2.48. The highest BCUT2D eigenvalue weighted by atomic mass is 16.2. The molecule has 0 saturated heterocycles. The standard InChI is InChI=1S/C8H6N2O2/c1-10-7-5(2-3-9-7)4-6(11)8(10)12/h2-4H,1H3. The second-order valence-corrected chi connectivity index (χ2v) is 2.60. The van der Waals surface area contributed by atoms with Crippen LogP contribution in [0.15, 0.2) is 28.9 Å². The van der Waals surface area contributed by atoms with E-state index in [0.29, 0.717) is 11.4 Å². The molecule has 2 aliphatic heterocycles. The van der Waals surface area contributed by atoms with Crippen LogP contribution in [0.1, 0.15) is 0 Å². The topological polar surface area (TPSA) is 49.7 Å². The van der Waals surface area contributed by atoms with Crippen molar-refractivity contribution in [2.45, 2.75) is 0 Å². The number of aliphatic imine (C=N–C) groups is 1. The summed E-state index contributed by atoms with van der Waals surface area (Å²) in [5, 5.41) is 0. The van der Waals surface area contributed by atoms with E-state index in [0.717, 1.165) is 0 Å². The smallest absolute Gasteiger partial charge is 0.292 e. The van der Waals surface area contributed by atoms with Crippen LogP contribution in [0.3, 0.4) is 0 Å². The van der Waals surface area contributed by atoms with Gasteiger partial charge in [0.2, 0.25) is 5.78 Å². The molecule has 0 aliphatic carbocycles. The number of carbonyl (C=O) groups excluding carboxylic acids is 2. The number of amides is 1. The van der Waals surface area contributed by atoms with Crippen molar-refractivity contribution in [2.75, 3.05) is 7.05 Å². The van der Waals surface area contributed by atoms with Gasteiger partial charge in [0, 0.05) is 24.9 Å². The monoisotopic (exact) mass is 162 g/mol. The molecule has 0 unspecified atom stereocenters. The average molecular weight is 162 g/mol. The van der Waals surface area contributed by atoms with Gasteiger partial charge in [-0.15, -0.1) is 0 Å². The van der Waals surface area contributed by atoms with E-state index >= 15 is 0 Å². The molecule has 2 heterocycles. The summed E-state index contributed by atoms with van der Waals surface area (Å²) in [7, 11) is 1.54. The maximum atomic E-state index is 11.1. The van der Waals surface area contributed by atoms with Crippen molar-refractivity contribution in [1.82, 2.24) is 4.90 Å². The highest BCUT2D eigenvalue weighted by molar-refractivity contribution is 6.47. The first-order valence-electron chi connectivity index (χ1n) is 3.48. The molecular weight excluding hydrogens is 156 g/mol. The van der Waals surface area contributed by atoms with Crippen LogP contribution in [0, 0.1) is 0 Å². The van der Waals surface area contributed by atoms with Crippen LogP contribution in [0.2, 0.25) is 0 Å². The maximum absolute atomic E-state index is 11.1. The minimum absolute atomic E-state index is 0.488. The fourth-order valence-corrected chi connectivity index (χ4v) is 1.19. The molecular formula is C8H6N2O2. The third-order valence-electron chi connectivity index (χ3n) is 1.83. The quantitative estimate of drug-likeness (QED) is 0.466. The van der Waals surface area contributed by atoms with Gasteiger partial charge < -0.3 is 0 Å². The Morgan fingerprint density at radius 2 is 2.17 bits per heavy atom. The molecule has 2 rings (SSSR count). The molecule has 0 aromatic rings. The first-order chi connectivity index (χ1) is 5.70. The van der Waals surface area contributed by atoms with Crippen molar-refractivity contribution in [1.29, 1.82) is 0 Å². The van der Waals surface area contributed by atoms with E-state index in [9.17, 15) is 9.59 Å². The Bertz CT molecular complexity index is 363. The minimum Gasteiger partial charge on any atom is -0.292 e. The number of fused-ring (bicyclic) bond motifs is 1. The van der Waals surface area contributed by atoms with Gasteiger partial charge in [0.25, 0.3) is 5.91 Å². The fraction of sp³-hybridized carbons (Fsp3) is 0.125. The first kappa shape index (κ1) is 6.97. The largest absolute Gasteiger partial charge is 0.299 e. The number of likely N-dealkylation sites (N-methyl/N-ethyl adjacent to an activating group) is 1. The highest BCUT2D eigenvalue weighted by Gasteiger charge is 2.29. The predicted molar refractivity (Wildman–Crippen MR) is 42.4 cm³/mol. The van der Waals surface area contributed by atoms with Crippen LogP contribution in [0.25, 0.3) is 0 Å². The third kappa shape index (κ3) is 0.747. The lowest BCUT2D eigenvalue weighted by Crippen LogP contribution is -2.41. The highest BCUT2D eigenvalue weighted by Crippen LogP contribution is 2.16. The molecule has 4 nitrogen and oxygen atoms in total. The third-order valence-corrected chi connectivity index (χ3v) is 1.83. The van der Waals surface area contributed by atoms with Crippen molar-refractivity contribution >= 4 is 17.5 Å². The van der Waals surface area contributed by atoms with Gasteiger partial charge in [-0.1, -0.05) is 0 Å². The van der Waals surface area contributed by atoms with Crippen molar-refractivity contribution in [3.8, 4) is 0 Å². The Morgan fingerprint density at radius 1 is 1.42 bits per heavy atom. The van der Waals surface area contributed by atoms with Crippen LogP contribution in [-0.2, 0) is 9.59 Å². The molecule has 0 spiro atoms. The molecule has 1 amide bonds. The van der Waals surface area contributed by atoms with Gasteiger partial charge in [0.15, 0.2) is 0 Å². The molecule has 0 N–H and O–H groups in total. The Hall–Kier alpha value is -1.71. The zero-order valence-corrected chi connectivity index (χ0v) is 6.44. The van der Waals surface area contributed by atoms with Crippen LogP contribution >= 0.6 is 0 Å². The van der Waals surface area contributed by atoms with E-state index < -0.39 is 11.7 Å². The molecule has 0 atom stereocenters. The lowest BCUT2D eigenvalue weighted by Gasteiger charge is -2.19. The van der Waals surface area contributed by atoms with Gasteiger partial charge in [-0.3, -0.25) is 14.5 Å². The normalized spacial score (nSPS) is 20.9. The summed E-state index contributed by atoms with van der Waals surface area (Å²) in [4.78, 5) is 27.3. The lowest BCUT2D eigenvalue weighted by atomic mass is 10.1. The van der Waals surface area contributed by atoms with E-state index in [2.05, 4.69) is 4.99 Å². The van der Waals surface area contributed by atoms with Crippen LogP contribution in [-0.4, -0.2) is 29.5 Å². The lowest BCUT2D eigenvalue weighted by molar-refractivity contribution is -0.139. The summed E-state index contributed by atoms with van der Waals surface area (Å²) in [5.41, 5.74) is 0.710. The Labute approximate surface area is 68.9 Å². The molecule has 60 valence electrons. The van der Waals surface area contributed by atoms with Crippen LogP contribution < -0.4 is 0 Å². The summed E-state index contributed by atoms with van der Waals surface area (Å²) < 4.78 is 0. The zero-order valence-electron chi connectivity index (χ0n) is 6.44. The summed E-state index contributed by atoms with van der Waals surface area (Å²) in [5.74, 6) is -0.459. The van der Waals surface area contributed by atoms with E-state index in [1.807, 2.05) is 0 Å². The molecule has 0 fully saturated rings. The summed E-state index contributed by atoms with van der Waals surface area (Å²) in [6.07, 6.45) is 4.59. The fourth-order valence-electron chi connectivity index (χ4n) is 1.19. The second-order valence-electron chi connectivity index (χ2n) is 2.60. The van der Waals surface area contributed by atoms with Crippen molar-refractivity contribution in [3.63, 3.8) is 0 Å². The number of amidine groups is 1. The molecule has 4 heteroatoms. The number of hydrogen-bond acceptors (Lipinski definition) is 3. The second kappa shape index (κ2) is 2.14. The molecule has 0 bridgehead atoms. The van der Waals surface area contributed by atoms with Gasteiger partial charge in [0.05, 0.1) is 0 Å². The summed E-state index contributed by atoms with van der Waals surface area (Å²) in [6, 6.07) is 0. The minimum atomic E-state index is -0.527. The van der Waals surface area contributed by atoms with Crippen LogP contribution in [0.5, 0.6) is 0 Å². The van der Waals surface area contributed by atoms with E-state index in [-0.39, 0.29) is 0 Å². The van der Waals surface area contributed by atoms with Gasteiger partial charge in [-0.05, 0) is 6.08 Å². The Morgan fingerprint density at radius 3 is 2.92 bits per heavy atom. The summed E-state index contributed by atoms with van der Waals surface area (Å²) in [6.45, 7) is 0.